The lowest BCUT2D eigenvalue weighted by molar-refractivity contribution is -0.143. The second-order valence-electron chi connectivity index (χ2n) is 22.8. The Bertz CT molecular complexity index is 1140. The predicted molar refractivity (Wildman–Crippen MR) is 320 cm³/mol. The van der Waals surface area contributed by atoms with Crippen LogP contribution in [0.1, 0.15) is 367 Å². The van der Waals surface area contributed by atoms with Crippen LogP contribution in [0.25, 0.3) is 0 Å². The molecule has 0 spiro atoms. The van der Waals surface area contributed by atoms with E-state index >= 15 is 0 Å². The Morgan fingerprint density at radius 2 is 0.644 bits per heavy atom. The smallest absolute Gasteiger partial charge is 0.305 e. The number of rotatable bonds is 62. The van der Waals surface area contributed by atoms with Crippen LogP contribution in [0.5, 0.6) is 0 Å². The highest BCUT2D eigenvalue weighted by Crippen LogP contribution is 2.18. The Labute approximate surface area is 456 Å². The van der Waals surface area contributed by atoms with Gasteiger partial charge in [0.15, 0.2) is 0 Å². The number of amides is 1. The van der Waals surface area contributed by atoms with E-state index in [2.05, 4.69) is 31.3 Å². The number of hydrogen-bond acceptors (Lipinski definition) is 5. The van der Waals surface area contributed by atoms with Crippen LogP contribution in [-0.4, -0.2) is 47.4 Å². The van der Waals surface area contributed by atoms with E-state index in [0.717, 1.165) is 38.5 Å². The van der Waals surface area contributed by atoms with Gasteiger partial charge in [-0.1, -0.05) is 321 Å². The van der Waals surface area contributed by atoms with Gasteiger partial charge in [0.25, 0.3) is 0 Å². The van der Waals surface area contributed by atoms with E-state index in [4.69, 9.17) is 4.74 Å². The van der Waals surface area contributed by atoms with E-state index in [1.807, 2.05) is 6.08 Å². The van der Waals surface area contributed by atoms with Crippen LogP contribution in [0.15, 0.2) is 24.3 Å². The lowest BCUT2D eigenvalue weighted by Gasteiger charge is -2.20. The molecule has 73 heavy (non-hydrogen) atoms. The van der Waals surface area contributed by atoms with Crippen LogP contribution >= 0.6 is 0 Å². The van der Waals surface area contributed by atoms with E-state index < -0.39 is 12.1 Å². The van der Waals surface area contributed by atoms with Crippen molar-refractivity contribution in [2.45, 2.75) is 379 Å². The van der Waals surface area contributed by atoms with Crippen molar-refractivity contribution in [2.75, 3.05) is 13.2 Å². The molecular weight excluding hydrogens is 899 g/mol. The summed E-state index contributed by atoms with van der Waals surface area (Å²) >= 11 is 0. The van der Waals surface area contributed by atoms with Crippen molar-refractivity contribution in [3.8, 4) is 0 Å². The molecule has 0 saturated carbocycles. The summed E-state index contributed by atoms with van der Waals surface area (Å²) in [4.78, 5) is 24.5. The first kappa shape index (κ1) is 71.3. The Kier molecular flexibility index (Phi) is 61.4. The minimum atomic E-state index is -0.845. The molecule has 0 aromatic rings. The van der Waals surface area contributed by atoms with E-state index in [1.54, 1.807) is 6.08 Å². The first-order valence-electron chi connectivity index (χ1n) is 33.1. The van der Waals surface area contributed by atoms with Crippen LogP contribution in [0.3, 0.4) is 0 Å². The summed E-state index contributed by atoms with van der Waals surface area (Å²) in [7, 11) is 0. The number of hydrogen-bond donors (Lipinski definition) is 3. The number of carbonyl (C=O) groups excluding carboxylic acids is 2. The molecule has 0 aromatic carbocycles. The van der Waals surface area contributed by atoms with Gasteiger partial charge in [-0.25, -0.2) is 0 Å². The largest absolute Gasteiger partial charge is 0.466 e. The average Bonchev–Trinajstić information content (AvgIpc) is 3.39. The third-order valence-corrected chi connectivity index (χ3v) is 15.5. The number of nitrogens with one attached hydrogen (secondary N) is 1. The summed E-state index contributed by atoms with van der Waals surface area (Å²) in [6, 6.07) is -0.629. The van der Waals surface area contributed by atoms with E-state index in [1.165, 1.54) is 302 Å². The number of esters is 1. The molecule has 0 aliphatic rings. The van der Waals surface area contributed by atoms with Gasteiger partial charge in [-0.05, 0) is 57.8 Å². The maximum absolute atomic E-state index is 12.5. The van der Waals surface area contributed by atoms with Crippen molar-refractivity contribution in [1.82, 2.24) is 5.32 Å². The highest BCUT2D eigenvalue weighted by molar-refractivity contribution is 5.76. The van der Waals surface area contributed by atoms with Crippen molar-refractivity contribution < 1.29 is 24.5 Å². The molecule has 3 N–H and O–H groups in total. The van der Waals surface area contributed by atoms with Crippen molar-refractivity contribution in [1.29, 1.82) is 0 Å². The van der Waals surface area contributed by atoms with E-state index in [-0.39, 0.29) is 18.5 Å². The first-order valence-corrected chi connectivity index (χ1v) is 33.1. The molecule has 0 rings (SSSR count). The monoisotopic (exact) mass is 1030 g/mol. The Hall–Kier alpha value is -1.66. The van der Waals surface area contributed by atoms with Gasteiger partial charge in [-0.3, -0.25) is 9.59 Å². The number of unbranched alkanes of at least 4 members (excludes halogenated alkanes) is 49. The van der Waals surface area contributed by atoms with Gasteiger partial charge >= 0.3 is 5.97 Å². The summed E-state index contributed by atoms with van der Waals surface area (Å²) in [6.45, 7) is 4.93. The maximum Gasteiger partial charge on any atom is 0.305 e. The second-order valence-corrected chi connectivity index (χ2v) is 22.8. The molecule has 0 aromatic heterocycles. The van der Waals surface area contributed by atoms with Crippen molar-refractivity contribution in [2.24, 2.45) is 0 Å². The molecule has 432 valence electrons. The highest BCUT2D eigenvalue weighted by atomic mass is 16.5. The minimum Gasteiger partial charge on any atom is -0.466 e. The number of aliphatic hydroxyl groups excluding tert-OH is 2. The molecule has 2 atom stereocenters. The first-order chi connectivity index (χ1) is 36.0. The standard InChI is InChI=1S/C67H129NO5/c1-3-5-7-9-11-13-15-17-19-32-35-39-43-47-51-55-59-65(70)64(63-69)68-66(71)60-56-52-48-44-40-36-33-30-28-26-24-22-20-21-23-25-27-29-31-34-38-42-46-50-54-58-62-73-67(72)61-57-53-49-45-41-37-18-16-14-12-10-8-6-4-2/h20,22,55,59,64-65,69-70H,3-19,21,23-54,56-58,60-63H2,1-2H3,(H,68,71)/b22-20-,59-55+. The topological polar surface area (TPSA) is 95.9 Å². The number of carbonyl (C=O) groups is 2. The van der Waals surface area contributed by atoms with Crippen molar-refractivity contribution in [3.05, 3.63) is 24.3 Å². The molecule has 0 aliphatic heterocycles. The fraction of sp³-hybridized carbons (Fsp3) is 0.910. The summed E-state index contributed by atoms with van der Waals surface area (Å²) in [6.07, 6.45) is 78.1. The summed E-state index contributed by atoms with van der Waals surface area (Å²) in [5.41, 5.74) is 0. The van der Waals surface area contributed by atoms with Gasteiger partial charge in [0.05, 0.1) is 25.4 Å². The Morgan fingerprint density at radius 1 is 0.370 bits per heavy atom. The van der Waals surface area contributed by atoms with Gasteiger partial charge in [0.1, 0.15) is 0 Å². The zero-order chi connectivity index (χ0) is 52.9. The molecule has 0 radical (unpaired) electrons. The third kappa shape index (κ3) is 59.4. The quantitative estimate of drug-likeness (QED) is 0.0320. The van der Waals surface area contributed by atoms with Crippen LogP contribution in [0, 0.1) is 0 Å². The van der Waals surface area contributed by atoms with E-state index in [0.29, 0.717) is 19.4 Å². The second kappa shape index (κ2) is 62.9. The van der Waals surface area contributed by atoms with Crippen LogP contribution in [-0.2, 0) is 14.3 Å². The zero-order valence-electron chi connectivity index (χ0n) is 49.4. The van der Waals surface area contributed by atoms with Crippen LogP contribution in [0.2, 0.25) is 0 Å². The minimum absolute atomic E-state index is 0.0166. The molecule has 0 aliphatic carbocycles. The van der Waals surface area contributed by atoms with Crippen LogP contribution in [0.4, 0.5) is 0 Å². The normalized spacial score (nSPS) is 12.7. The molecule has 6 nitrogen and oxygen atoms in total. The SMILES string of the molecule is CCCCCCCCCCCCCCCC/C=C/C(O)C(CO)NC(=O)CCCCCCCCCCCC/C=C\CCCCCCCCCCCCCCOC(=O)CCCCCCCCCCCCCCCC. The van der Waals surface area contributed by atoms with Gasteiger partial charge in [0.2, 0.25) is 5.91 Å². The fourth-order valence-electron chi connectivity index (χ4n) is 10.4. The summed E-state index contributed by atoms with van der Waals surface area (Å²) < 4.78 is 5.49. The Balaban J connectivity index is 3.40. The highest BCUT2D eigenvalue weighted by Gasteiger charge is 2.18. The number of ether oxygens (including phenoxy) is 1. The molecule has 0 saturated heterocycles. The van der Waals surface area contributed by atoms with Gasteiger partial charge in [-0.2, -0.15) is 0 Å². The average molecular weight is 1030 g/mol. The lowest BCUT2D eigenvalue weighted by atomic mass is 10.0. The molecule has 6 heteroatoms. The van der Waals surface area contributed by atoms with Crippen molar-refractivity contribution >= 4 is 11.9 Å². The lowest BCUT2D eigenvalue weighted by Crippen LogP contribution is -2.45. The molecule has 1 amide bonds. The van der Waals surface area contributed by atoms with Crippen molar-refractivity contribution in [3.63, 3.8) is 0 Å². The summed E-state index contributed by atoms with van der Waals surface area (Å²) in [5, 5.41) is 23.2. The Morgan fingerprint density at radius 3 is 0.973 bits per heavy atom. The molecule has 0 heterocycles. The molecule has 0 bridgehead atoms. The molecule has 2 unspecified atom stereocenters. The number of allylic oxidation sites excluding steroid dienone is 3. The van der Waals surface area contributed by atoms with Gasteiger partial charge in [0, 0.05) is 12.8 Å². The number of aliphatic hydroxyl groups is 2. The third-order valence-electron chi connectivity index (χ3n) is 15.5. The van der Waals surface area contributed by atoms with Crippen LogP contribution < -0.4 is 5.32 Å². The maximum atomic E-state index is 12.5. The van der Waals surface area contributed by atoms with Gasteiger partial charge < -0.3 is 20.3 Å². The zero-order valence-corrected chi connectivity index (χ0v) is 49.4. The van der Waals surface area contributed by atoms with Gasteiger partial charge in [-0.15, -0.1) is 0 Å². The fourth-order valence-corrected chi connectivity index (χ4v) is 10.4. The molecule has 0 fully saturated rings. The molecular formula is C67H129NO5. The predicted octanol–water partition coefficient (Wildman–Crippen LogP) is 21.0. The summed E-state index contributed by atoms with van der Waals surface area (Å²) in [5.74, 6) is -0.0508. The van der Waals surface area contributed by atoms with E-state index in [9.17, 15) is 19.8 Å².